The molecule has 3 aromatic rings. The number of nitrogens with one attached hydrogen (secondary N) is 1. The molecule has 1 N–H and O–H groups in total. The fourth-order valence-corrected chi connectivity index (χ4v) is 3.20. The zero-order chi connectivity index (χ0) is 18.1. The van der Waals surface area contributed by atoms with Crippen molar-refractivity contribution in [2.24, 2.45) is 7.05 Å². The molecule has 0 atom stereocenters. The van der Waals surface area contributed by atoms with Crippen LogP contribution in [-0.2, 0) is 23.8 Å². The van der Waals surface area contributed by atoms with Gasteiger partial charge in [0.2, 0.25) is 5.91 Å². The second-order valence-corrected chi connectivity index (χ2v) is 6.66. The molecule has 0 spiro atoms. The van der Waals surface area contributed by atoms with E-state index in [0.717, 1.165) is 35.4 Å². The highest BCUT2D eigenvalue weighted by Gasteiger charge is 2.51. The average Bonchev–Trinajstić information content (AvgIpc) is 3.36. The summed E-state index contributed by atoms with van der Waals surface area (Å²) in [5, 5.41) is 7.13. The molecule has 26 heavy (non-hydrogen) atoms. The van der Waals surface area contributed by atoms with Crippen LogP contribution in [0.3, 0.4) is 0 Å². The number of amides is 1. The van der Waals surface area contributed by atoms with Gasteiger partial charge in [-0.05, 0) is 48.2 Å². The topological polar surface area (TPSA) is 59.8 Å². The molecule has 132 valence electrons. The van der Waals surface area contributed by atoms with E-state index in [1.165, 1.54) is 12.1 Å². The molecule has 0 radical (unpaired) electrons. The van der Waals surface area contributed by atoms with Gasteiger partial charge < -0.3 is 5.32 Å². The van der Waals surface area contributed by atoms with Gasteiger partial charge in [0, 0.05) is 26.0 Å². The van der Waals surface area contributed by atoms with E-state index in [1.807, 2.05) is 25.2 Å². The fourth-order valence-electron chi connectivity index (χ4n) is 3.20. The van der Waals surface area contributed by atoms with Crippen LogP contribution < -0.4 is 5.32 Å². The van der Waals surface area contributed by atoms with Crippen LogP contribution in [-0.4, -0.2) is 20.7 Å². The summed E-state index contributed by atoms with van der Waals surface area (Å²) in [6.45, 7) is 0.417. The summed E-state index contributed by atoms with van der Waals surface area (Å²) in [6.07, 6.45) is 5.08. The maximum absolute atomic E-state index is 13.1. The van der Waals surface area contributed by atoms with Crippen molar-refractivity contribution in [1.29, 1.82) is 0 Å². The Hall–Kier alpha value is -3.02. The smallest absolute Gasteiger partial charge is 0.230 e. The van der Waals surface area contributed by atoms with Crippen molar-refractivity contribution in [1.82, 2.24) is 20.1 Å². The number of aryl methyl sites for hydroxylation is 1. The van der Waals surface area contributed by atoms with Crippen LogP contribution >= 0.6 is 0 Å². The van der Waals surface area contributed by atoms with E-state index < -0.39 is 5.41 Å². The number of pyridine rings is 1. The van der Waals surface area contributed by atoms with Crippen molar-refractivity contribution < 1.29 is 9.18 Å². The third-order valence-corrected chi connectivity index (χ3v) is 4.94. The standard InChI is InChI=1S/C20H19FN4O/c1-25-18(8-11-24-25)17-7-2-14(12-22-17)13-23-19(26)20(9-10-20)15-3-5-16(21)6-4-15/h2-8,11-12H,9-10,13H2,1H3,(H,23,26). The minimum absolute atomic E-state index is 0.0141. The molecular formula is C20H19FN4O. The molecule has 0 bridgehead atoms. The largest absolute Gasteiger partial charge is 0.351 e. The first kappa shape index (κ1) is 16.4. The van der Waals surface area contributed by atoms with Crippen molar-refractivity contribution in [3.63, 3.8) is 0 Å². The molecule has 1 aliphatic rings. The Kier molecular flexibility index (Phi) is 4.03. The van der Waals surface area contributed by atoms with E-state index in [4.69, 9.17) is 0 Å². The summed E-state index contributed by atoms with van der Waals surface area (Å²) in [4.78, 5) is 17.1. The number of hydrogen-bond acceptors (Lipinski definition) is 3. The van der Waals surface area contributed by atoms with Crippen molar-refractivity contribution >= 4 is 5.91 Å². The Balaban J connectivity index is 1.42. The fraction of sp³-hybridized carbons (Fsp3) is 0.250. The number of benzene rings is 1. The molecule has 0 saturated heterocycles. The monoisotopic (exact) mass is 350 g/mol. The van der Waals surface area contributed by atoms with Gasteiger partial charge in [0.1, 0.15) is 5.82 Å². The molecule has 0 aliphatic heterocycles. The number of halogens is 1. The molecule has 1 aliphatic carbocycles. The van der Waals surface area contributed by atoms with E-state index in [9.17, 15) is 9.18 Å². The van der Waals surface area contributed by atoms with Crippen LogP contribution in [0.5, 0.6) is 0 Å². The minimum Gasteiger partial charge on any atom is -0.351 e. The van der Waals surface area contributed by atoms with E-state index in [1.54, 1.807) is 29.2 Å². The third kappa shape index (κ3) is 2.98. The van der Waals surface area contributed by atoms with Gasteiger partial charge in [-0.15, -0.1) is 0 Å². The summed E-state index contributed by atoms with van der Waals surface area (Å²) >= 11 is 0. The highest BCUT2D eigenvalue weighted by Crippen LogP contribution is 2.48. The van der Waals surface area contributed by atoms with Gasteiger partial charge in [0.25, 0.3) is 0 Å². The summed E-state index contributed by atoms with van der Waals surface area (Å²) < 4.78 is 14.9. The maximum Gasteiger partial charge on any atom is 0.230 e. The average molecular weight is 350 g/mol. The van der Waals surface area contributed by atoms with E-state index in [0.29, 0.717) is 6.54 Å². The van der Waals surface area contributed by atoms with Gasteiger partial charge >= 0.3 is 0 Å². The molecule has 6 heteroatoms. The van der Waals surface area contributed by atoms with Crippen LogP contribution in [0.2, 0.25) is 0 Å². The quantitative estimate of drug-likeness (QED) is 0.770. The molecule has 5 nitrogen and oxygen atoms in total. The summed E-state index contributed by atoms with van der Waals surface area (Å²) in [7, 11) is 1.87. The van der Waals surface area contributed by atoms with Crippen molar-refractivity contribution in [3.8, 4) is 11.4 Å². The van der Waals surface area contributed by atoms with Crippen LogP contribution in [0.15, 0.2) is 54.9 Å². The Morgan fingerprint density at radius 2 is 1.96 bits per heavy atom. The van der Waals surface area contributed by atoms with Crippen molar-refractivity contribution in [3.05, 3.63) is 71.8 Å². The predicted octanol–water partition coefficient (Wildman–Crippen LogP) is 2.97. The highest BCUT2D eigenvalue weighted by atomic mass is 19.1. The van der Waals surface area contributed by atoms with Gasteiger partial charge in [-0.3, -0.25) is 14.5 Å². The number of rotatable bonds is 5. The molecule has 2 heterocycles. The normalized spacial score (nSPS) is 14.8. The summed E-state index contributed by atoms with van der Waals surface area (Å²) in [6, 6.07) is 12.0. The Morgan fingerprint density at radius 3 is 2.54 bits per heavy atom. The SMILES string of the molecule is Cn1nccc1-c1ccc(CNC(=O)C2(c3ccc(F)cc3)CC2)cn1. The molecule has 0 unspecified atom stereocenters. The molecular weight excluding hydrogens is 331 g/mol. The lowest BCUT2D eigenvalue weighted by Gasteiger charge is -2.16. The van der Waals surface area contributed by atoms with Crippen LogP contribution in [0, 0.1) is 5.82 Å². The van der Waals surface area contributed by atoms with Gasteiger partial charge in [0.05, 0.1) is 16.8 Å². The zero-order valence-corrected chi connectivity index (χ0v) is 14.4. The lowest BCUT2D eigenvalue weighted by Crippen LogP contribution is -2.34. The first-order valence-corrected chi connectivity index (χ1v) is 8.56. The zero-order valence-electron chi connectivity index (χ0n) is 14.4. The second-order valence-electron chi connectivity index (χ2n) is 6.66. The molecule has 1 saturated carbocycles. The van der Waals surface area contributed by atoms with Crippen LogP contribution in [0.4, 0.5) is 4.39 Å². The number of carbonyl (C=O) groups is 1. The second kappa shape index (κ2) is 6.37. The maximum atomic E-state index is 13.1. The summed E-state index contributed by atoms with van der Waals surface area (Å²) in [5.41, 5.74) is 3.08. The molecule has 1 aromatic carbocycles. The molecule has 1 amide bonds. The predicted molar refractivity (Wildman–Crippen MR) is 95.6 cm³/mol. The van der Waals surface area contributed by atoms with Crippen LogP contribution in [0.1, 0.15) is 24.0 Å². The van der Waals surface area contributed by atoms with E-state index >= 15 is 0 Å². The Morgan fingerprint density at radius 1 is 1.19 bits per heavy atom. The number of carbonyl (C=O) groups excluding carboxylic acids is 1. The highest BCUT2D eigenvalue weighted by molar-refractivity contribution is 5.91. The van der Waals surface area contributed by atoms with Gasteiger partial charge in [-0.25, -0.2) is 4.39 Å². The Labute approximate surface area is 150 Å². The molecule has 4 rings (SSSR count). The van der Waals surface area contributed by atoms with Gasteiger partial charge in [0.15, 0.2) is 0 Å². The third-order valence-electron chi connectivity index (χ3n) is 4.94. The lowest BCUT2D eigenvalue weighted by atomic mass is 9.95. The number of aromatic nitrogens is 3. The number of hydrogen-bond donors (Lipinski definition) is 1. The first-order valence-electron chi connectivity index (χ1n) is 8.56. The Bertz CT molecular complexity index is 927. The van der Waals surface area contributed by atoms with Crippen molar-refractivity contribution in [2.45, 2.75) is 24.8 Å². The van der Waals surface area contributed by atoms with Gasteiger partial charge in [-0.1, -0.05) is 18.2 Å². The van der Waals surface area contributed by atoms with Crippen LogP contribution in [0.25, 0.3) is 11.4 Å². The minimum atomic E-state index is -0.504. The summed E-state index contributed by atoms with van der Waals surface area (Å²) in [5.74, 6) is -0.302. The lowest BCUT2D eigenvalue weighted by molar-refractivity contribution is -0.123. The molecule has 1 fully saturated rings. The van der Waals surface area contributed by atoms with Gasteiger partial charge in [-0.2, -0.15) is 5.10 Å². The van der Waals surface area contributed by atoms with E-state index in [2.05, 4.69) is 15.4 Å². The molecule has 2 aromatic heterocycles. The van der Waals surface area contributed by atoms with E-state index in [-0.39, 0.29) is 11.7 Å². The first-order chi connectivity index (χ1) is 12.6. The van der Waals surface area contributed by atoms with Crippen molar-refractivity contribution in [2.75, 3.05) is 0 Å². The number of nitrogens with zero attached hydrogens (tertiary/aromatic N) is 3.